The maximum Gasteiger partial charge on any atom is 0.257 e. The molecule has 86 valence electrons. The first-order valence-electron chi connectivity index (χ1n) is 5.08. The first-order valence-corrected chi connectivity index (χ1v) is 5.08. The highest BCUT2D eigenvalue weighted by molar-refractivity contribution is 5.77. The lowest BCUT2D eigenvalue weighted by molar-refractivity contribution is -0.122. The van der Waals surface area contributed by atoms with Crippen molar-refractivity contribution in [2.75, 3.05) is 19.9 Å². The summed E-state index contributed by atoms with van der Waals surface area (Å²) < 4.78 is 15.6. The molecule has 0 aliphatic carbocycles. The van der Waals surface area contributed by atoms with Crippen molar-refractivity contribution in [3.8, 4) is 17.2 Å². The summed E-state index contributed by atoms with van der Waals surface area (Å²) in [5.74, 6) is 1.80. The summed E-state index contributed by atoms with van der Waals surface area (Å²) in [7, 11) is 0. The first-order chi connectivity index (χ1) is 7.79. The van der Waals surface area contributed by atoms with E-state index >= 15 is 0 Å². The Morgan fingerprint density at radius 3 is 3.06 bits per heavy atom. The Balaban J connectivity index is 1.93. The van der Waals surface area contributed by atoms with Crippen LogP contribution in [0.4, 0.5) is 0 Å². The van der Waals surface area contributed by atoms with Crippen LogP contribution in [0.3, 0.4) is 0 Å². The lowest BCUT2D eigenvalue weighted by Crippen LogP contribution is -2.28. The van der Waals surface area contributed by atoms with Gasteiger partial charge >= 0.3 is 0 Å². The fourth-order valence-electron chi connectivity index (χ4n) is 1.36. The lowest BCUT2D eigenvalue weighted by Gasteiger charge is -2.06. The predicted molar refractivity (Wildman–Crippen MR) is 56.7 cm³/mol. The van der Waals surface area contributed by atoms with Crippen molar-refractivity contribution in [3.63, 3.8) is 0 Å². The molecule has 0 bridgehead atoms. The minimum Gasteiger partial charge on any atom is -0.484 e. The molecular formula is C11H13NO4. The molecular weight excluding hydrogens is 210 g/mol. The highest BCUT2D eigenvalue weighted by Gasteiger charge is 2.13. The number of hydrogen-bond donors (Lipinski definition) is 1. The summed E-state index contributed by atoms with van der Waals surface area (Å²) in [5, 5.41) is 2.65. The van der Waals surface area contributed by atoms with Gasteiger partial charge in [0.15, 0.2) is 18.1 Å². The monoisotopic (exact) mass is 223 g/mol. The second-order valence-corrected chi connectivity index (χ2v) is 3.26. The van der Waals surface area contributed by atoms with Gasteiger partial charge in [-0.25, -0.2) is 0 Å². The molecule has 1 aliphatic heterocycles. The second kappa shape index (κ2) is 4.74. The number of benzene rings is 1. The molecule has 0 atom stereocenters. The summed E-state index contributed by atoms with van der Waals surface area (Å²) in [6.07, 6.45) is 0. The average Bonchev–Trinajstić information content (AvgIpc) is 2.74. The van der Waals surface area contributed by atoms with E-state index in [0.29, 0.717) is 23.8 Å². The van der Waals surface area contributed by atoms with Gasteiger partial charge in [0.1, 0.15) is 5.75 Å². The van der Waals surface area contributed by atoms with E-state index < -0.39 is 0 Å². The van der Waals surface area contributed by atoms with E-state index in [2.05, 4.69) is 5.32 Å². The number of fused-ring (bicyclic) bond motifs is 1. The Hall–Kier alpha value is -1.91. The standard InChI is InChI=1S/C11H13NO4/c1-2-12-11(13)6-14-8-3-4-9-10(5-8)16-7-15-9/h3-5H,2,6-7H2,1H3,(H,12,13). The fourth-order valence-corrected chi connectivity index (χ4v) is 1.36. The highest BCUT2D eigenvalue weighted by Crippen LogP contribution is 2.34. The quantitative estimate of drug-likeness (QED) is 0.825. The van der Waals surface area contributed by atoms with Crippen molar-refractivity contribution in [2.24, 2.45) is 0 Å². The van der Waals surface area contributed by atoms with Gasteiger partial charge in [0, 0.05) is 12.6 Å². The van der Waals surface area contributed by atoms with Crippen LogP contribution in [0.25, 0.3) is 0 Å². The van der Waals surface area contributed by atoms with Crippen LogP contribution in [0, 0.1) is 0 Å². The third-order valence-corrected chi connectivity index (χ3v) is 2.09. The third-order valence-electron chi connectivity index (χ3n) is 2.09. The van der Waals surface area contributed by atoms with Gasteiger partial charge in [-0.3, -0.25) is 4.79 Å². The number of carbonyl (C=O) groups excluding carboxylic acids is 1. The van der Waals surface area contributed by atoms with Gasteiger partial charge in [-0.2, -0.15) is 0 Å². The van der Waals surface area contributed by atoms with Crippen LogP contribution < -0.4 is 19.5 Å². The van der Waals surface area contributed by atoms with E-state index in [1.807, 2.05) is 6.92 Å². The Morgan fingerprint density at radius 1 is 1.44 bits per heavy atom. The van der Waals surface area contributed by atoms with E-state index in [0.717, 1.165) is 0 Å². The van der Waals surface area contributed by atoms with Crippen LogP contribution in [0.15, 0.2) is 18.2 Å². The molecule has 1 aromatic rings. The normalized spacial score (nSPS) is 12.3. The number of amides is 1. The molecule has 0 saturated heterocycles. The zero-order valence-corrected chi connectivity index (χ0v) is 8.99. The molecule has 0 unspecified atom stereocenters. The third kappa shape index (κ3) is 2.36. The molecule has 1 aliphatic rings. The molecule has 0 fully saturated rings. The maximum absolute atomic E-state index is 11.2. The Kier molecular flexibility index (Phi) is 3.14. The van der Waals surface area contributed by atoms with Crippen molar-refractivity contribution < 1.29 is 19.0 Å². The molecule has 5 heteroatoms. The van der Waals surface area contributed by atoms with Gasteiger partial charge < -0.3 is 19.5 Å². The zero-order chi connectivity index (χ0) is 11.4. The van der Waals surface area contributed by atoms with Crippen LogP contribution in [0.1, 0.15) is 6.92 Å². The number of ether oxygens (including phenoxy) is 3. The van der Waals surface area contributed by atoms with Crippen molar-refractivity contribution >= 4 is 5.91 Å². The van der Waals surface area contributed by atoms with E-state index in [-0.39, 0.29) is 19.3 Å². The summed E-state index contributed by atoms with van der Waals surface area (Å²) in [6.45, 7) is 2.70. The smallest absolute Gasteiger partial charge is 0.257 e. The largest absolute Gasteiger partial charge is 0.484 e. The minimum atomic E-state index is -0.139. The summed E-state index contributed by atoms with van der Waals surface area (Å²) in [4.78, 5) is 11.2. The van der Waals surface area contributed by atoms with Gasteiger partial charge in [-0.1, -0.05) is 0 Å². The molecule has 0 spiro atoms. The number of nitrogens with one attached hydrogen (secondary N) is 1. The Bertz CT molecular complexity index is 392. The molecule has 1 aromatic carbocycles. The van der Waals surface area contributed by atoms with Crippen molar-refractivity contribution in [2.45, 2.75) is 6.92 Å². The molecule has 0 aromatic heterocycles. The maximum atomic E-state index is 11.2. The van der Waals surface area contributed by atoms with Gasteiger partial charge in [-0.05, 0) is 19.1 Å². The summed E-state index contributed by atoms with van der Waals surface area (Å²) in [5.41, 5.74) is 0. The SMILES string of the molecule is CCNC(=O)COc1ccc2c(c1)OCO2. The molecule has 0 saturated carbocycles. The van der Waals surface area contributed by atoms with Gasteiger partial charge in [-0.15, -0.1) is 0 Å². The van der Waals surface area contributed by atoms with Crippen LogP contribution in [-0.4, -0.2) is 25.9 Å². The molecule has 1 amide bonds. The van der Waals surface area contributed by atoms with Crippen LogP contribution >= 0.6 is 0 Å². The molecule has 16 heavy (non-hydrogen) atoms. The fraction of sp³-hybridized carbons (Fsp3) is 0.364. The minimum absolute atomic E-state index is 0.00742. The molecule has 2 rings (SSSR count). The zero-order valence-electron chi connectivity index (χ0n) is 8.99. The van der Waals surface area contributed by atoms with Gasteiger partial charge in [0.2, 0.25) is 6.79 Å². The number of rotatable bonds is 4. The van der Waals surface area contributed by atoms with Crippen molar-refractivity contribution in [1.82, 2.24) is 5.32 Å². The number of likely N-dealkylation sites (N-methyl/N-ethyl adjacent to an activating group) is 1. The van der Waals surface area contributed by atoms with E-state index in [1.165, 1.54) is 0 Å². The average molecular weight is 223 g/mol. The van der Waals surface area contributed by atoms with E-state index in [9.17, 15) is 4.79 Å². The lowest BCUT2D eigenvalue weighted by atomic mass is 10.3. The van der Waals surface area contributed by atoms with Crippen LogP contribution in [0.2, 0.25) is 0 Å². The van der Waals surface area contributed by atoms with E-state index in [1.54, 1.807) is 18.2 Å². The van der Waals surface area contributed by atoms with Gasteiger partial charge in [0.05, 0.1) is 0 Å². The summed E-state index contributed by atoms with van der Waals surface area (Å²) in [6, 6.07) is 5.21. The van der Waals surface area contributed by atoms with Gasteiger partial charge in [0.25, 0.3) is 5.91 Å². The van der Waals surface area contributed by atoms with Crippen LogP contribution in [0.5, 0.6) is 17.2 Å². The van der Waals surface area contributed by atoms with Crippen molar-refractivity contribution in [3.05, 3.63) is 18.2 Å². The molecule has 1 N–H and O–H groups in total. The second-order valence-electron chi connectivity index (χ2n) is 3.26. The number of hydrogen-bond acceptors (Lipinski definition) is 4. The topological polar surface area (TPSA) is 56.8 Å². The Morgan fingerprint density at radius 2 is 2.25 bits per heavy atom. The predicted octanol–water partition coefficient (Wildman–Crippen LogP) is 0.930. The van der Waals surface area contributed by atoms with Crippen LogP contribution in [-0.2, 0) is 4.79 Å². The molecule has 5 nitrogen and oxygen atoms in total. The summed E-state index contributed by atoms with van der Waals surface area (Å²) >= 11 is 0. The molecule has 1 heterocycles. The first kappa shape index (κ1) is 10.6. The van der Waals surface area contributed by atoms with E-state index in [4.69, 9.17) is 14.2 Å². The number of carbonyl (C=O) groups is 1. The Labute approximate surface area is 93.3 Å². The molecule has 0 radical (unpaired) electrons. The van der Waals surface area contributed by atoms with Crippen molar-refractivity contribution in [1.29, 1.82) is 0 Å². The highest BCUT2D eigenvalue weighted by atomic mass is 16.7.